The van der Waals surface area contributed by atoms with Crippen LogP contribution in [-0.4, -0.2) is 16.7 Å². The number of aryl methyl sites for hydroxylation is 2. The van der Waals surface area contributed by atoms with Gasteiger partial charge in [-0.25, -0.2) is 0 Å². The van der Waals surface area contributed by atoms with Gasteiger partial charge in [-0.2, -0.15) is 0 Å². The first-order valence-electron chi connectivity index (χ1n) is 10.4. The SMILES string of the molecule is Cc1ccc2cc(C(=O)Nc3ccc(C(=O)Nc4ccc([N+](=O)[O-])cc4)c(Cl)c3)ccc2c1C. The van der Waals surface area contributed by atoms with Gasteiger partial charge in [0.25, 0.3) is 17.5 Å². The molecule has 0 spiro atoms. The molecule has 4 rings (SSSR count). The maximum absolute atomic E-state index is 12.8. The Kier molecular flexibility index (Phi) is 6.30. The molecule has 0 aromatic heterocycles. The van der Waals surface area contributed by atoms with Crippen molar-refractivity contribution >= 4 is 51.2 Å². The molecule has 4 aromatic carbocycles. The summed E-state index contributed by atoms with van der Waals surface area (Å²) in [6.07, 6.45) is 0. The van der Waals surface area contributed by atoms with Crippen LogP contribution >= 0.6 is 11.6 Å². The van der Waals surface area contributed by atoms with E-state index in [1.807, 2.05) is 24.3 Å². The molecular formula is C26H20ClN3O4. The number of nitro groups is 1. The Morgan fingerprint density at radius 2 is 1.50 bits per heavy atom. The van der Waals surface area contributed by atoms with E-state index in [9.17, 15) is 19.7 Å². The highest BCUT2D eigenvalue weighted by Crippen LogP contribution is 2.25. The number of rotatable bonds is 5. The fourth-order valence-corrected chi connectivity index (χ4v) is 3.85. The summed E-state index contributed by atoms with van der Waals surface area (Å²) in [4.78, 5) is 35.6. The Bertz CT molecular complexity index is 1450. The molecule has 0 radical (unpaired) electrons. The van der Waals surface area contributed by atoms with E-state index in [4.69, 9.17) is 11.6 Å². The van der Waals surface area contributed by atoms with Crippen LogP contribution in [0.3, 0.4) is 0 Å². The predicted octanol–water partition coefficient (Wildman–Crippen LogP) is 6.52. The van der Waals surface area contributed by atoms with Crippen molar-refractivity contribution in [3.05, 3.63) is 110 Å². The van der Waals surface area contributed by atoms with E-state index >= 15 is 0 Å². The first-order valence-corrected chi connectivity index (χ1v) is 10.8. The second-order valence-electron chi connectivity index (χ2n) is 7.85. The molecule has 0 atom stereocenters. The number of benzene rings is 4. The average molecular weight is 474 g/mol. The standard InChI is InChI=1S/C26H20ClN3O4/c1-15-3-4-17-13-18(5-11-22(17)16(15)2)25(31)29-20-8-12-23(24(27)14-20)26(32)28-19-6-9-21(10-7-19)30(33)34/h3-14H,1-2H3,(H,28,32)(H,29,31). The summed E-state index contributed by atoms with van der Waals surface area (Å²) in [5, 5.41) is 18.4. The predicted molar refractivity (Wildman–Crippen MR) is 134 cm³/mol. The molecule has 4 aromatic rings. The molecule has 0 aliphatic rings. The minimum atomic E-state index is -0.518. The molecule has 34 heavy (non-hydrogen) atoms. The van der Waals surface area contributed by atoms with E-state index in [1.165, 1.54) is 47.5 Å². The van der Waals surface area contributed by atoms with Crippen LogP contribution < -0.4 is 10.6 Å². The molecule has 7 nitrogen and oxygen atoms in total. The van der Waals surface area contributed by atoms with Crippen LogP contribution in [0.2, 0.25) is 5.02 Å². The van der Waals surface area contributed by atoms with Crippen LogP contribution in [0.25, 0.3) is 10.8 Å². The molecule has 2 amide bonds. The van der Waals surface area contributed by atoms with Crippen molar-refractivity contribution in [3.63, 3.8) is 0 Å². The van der Waals surface area contributed by atoms with Gasteiger partial charge in [-0.15, -0.1) is 0 Å². The number of anilines is 2. The molecule has 0 aliphatic carbocycles. The van der Waals surface area contributed by atoms with Gasteiger partial charge in [-0.05, 0) is 78.2 Å². The quantitative estimate of drug-likeness (QED) is 0.254. The monoisotopic (exact) mass is 473 g/mol. The van der Waals surface area contributed by atoms with Gasteiger partial charge in [0.15, 0.2) is 0 Å². The summed E-state index contributed by atoms with van der Waals surface area (Å²) >= 11 is 6.30. The van der Waals surface area contributed by atoms with Crippen molar-refractivity contribution in [2.75, 3.05) is 10.6 Å². The van der Waals surface area contributed by atoms with Gasteiger partial charge in [0.05, 0.1) is 15.5 Å². The first kappa shape index (κ1) is 22.9. The van der Waals surface area contributed by atoms with Crippen molar-refractivity contribution in [2.45, 2.75) is 13.8 Å². The lowest BCUT2D eigenvalue weighted by molar-refractivity contribution is -0.384. The Hall–Kier alpha value is -4.23. The molecule has 0 saturated heterocycles. The highest BCUT2D eigenvalue weighted by Gasteiger charge is 2.14. The van der Waals surface area contributed by atoms with Gasteiger partial charge in [0.2, 0.25) is 0 Å². The van der Waals surface area contributed by atoms with Gasteiger partial charge >= 0.3 is 0 Å². The van der Waals surface area contributed by atoms with Gasteiger partial charge in [0, 0.05) is 29.1 Å². The van der Waals surface area contributed by atoms with E-state index in [0.29, 0.717) is 16.9 Å². The zero-order chi connectivity index (χ0) is 24.4. The highest BCUT2D eigenvalue weighted by atomic mass is 35.5. The zero-order valence-corrected chi connectivity index (χ0v) is 19.1. The summed E-state index contributed by atoms with van der Waals surface area (Å²) in [6, 6.07) is 19.6. The van der Waals surface area contributed by atoms with Crippen LogP contribution in [0, 0.1) is 24.0 Å². The van der Waals surface area contributed by atoms with Crippen LogP contribution in [0.1, 0.15) is 31.8 Å². The largest absolute Gasteiger partial charge is 0.322 e. The second-order valence-corrected chi connectivity index (χ2v) is 8.26. The number of nitro benzene ring substituents is 1. The molecule has 0 unspecified atom stereocenters. The van der Waals surface area contributed by atoms with Crippen LogP contribution in [0.5, 0.6) is 0 Å². The Labute approximate surface area is 200 Å². The number of non-ortho nitro benzene ring substituents is 1. The van der Waals surface area contributed by atoms with Gasteiger partial charge in [0.1, 0.15) is 0 Å². The van der Waals surface area contributed by atoms with Crippen molar-refractivity contribution < 1.29 is 14.5 Å². The molecule has 0 aliphatic heterocycles. The average Bonchev–Trinajstić information content (AvgIpc) is 2.81. The third-order valence-electron chi connectivity index (χ3n) is 5.63. The van der Waals surface area contributed by atoms with Crippen molar-refractivity contribution in [3.8, 4) is 0 Å². The molecule has 170 valence electrons. The normalized spacial score (nSPS) is 10.7. The lowest BCUT2D eigenvalue weighted by Crippen LogP contribution is -2.14. The number of amides is 2. The van der Waals surface area contributed by atoms with E-state index in [2.05, 4.69) is 24.5 Å². The molecule has 2 N–H and O–H groups in total. The minimum Gasteiger partial charge on any atom is -0.322 e. The van der Waals surface area contributed by atoms with E-state index in [1.54, 1.807) is 12.1 Å². The number of hydrogen-bond acceptors (Lipinski definition) is 4. The van der Waals surface area contributed by atoms with Gasteiger partial charge in [-0.3, -0.25) is 19.7 Å². The Balaban J connectivity index is 1.48. The number of nitrogens with zero attached hydrogens (tertiary/aromatic N) is 1. The molecule has 0 bridgehead atoms. The fraction of sp³-hybridized carbons (Fsp3) is 0.0769. The maximum atomic E-state index is 12.8. The molecule has 0 fully saturated rings. The van der Waals surface area contributed by atoms with Crippen LogP contribution in [-0.2, 0) is 0 Å². The van der Waals surface area contributed by atoms with E-state index in [-0.39, 0.29) is 22.2 Å². The number of carbonyl (C=O) groups is 2. The number of nitrogens with one attached hydrogen (secondary N) is 2. The van der Waals surface area contributed by atoms with Crippen molar-refractivity contribution in [1.29, 1.82) is 0 Å². The maximum Gasteiger partial charge on any atom is 0.269 e. The van der Waals surface area contributed by atoms with Crippen molar-refractivity contribution in [2.24, 2.45) is 0 Å². The smallest absolute Gasteiger partial charge is 0.269 e. The minimum absolute atomic E-state index is 0.0761. The van der Waals surface area contributed by atoms with Crippen molar-refractivity contribution in [1.82, 2.24) is 0 Å². The summed E-state index contributed by atoms with van der Waals surface area (Å²) < 4.78 is 0. The Morgan fingerprint density at radius 3 is 2.18 bits per heavy atom. The number of hydrogen-bond donors (Lipinski definition) is 2. The molecular weight excluding hydrogens is 454 g/mol. The number of fused-ring (bicyclic) bond motifs is 1. The molecule has 8 heteroatoms. The fourth-order valence-electron chi connectivity index (χ4n) is 3.58. The number of halogens is 1. The second kappa shape index (κ2) is 9.33. The lowest BCUT2D eigenvalue weighted by atomic mass is 9.99. The topological polar surface area (TPSA) is 101 Å². The van der Waals surface area contributed by atoms with Gasteiger partial charge in [-0.1, -0.05) is 29.8 Å². The van der Waals surface area contributed by atoms with Gasteiger partial charge < -0.3 is 10.6 Å². The van der Waals surface area contributed by atoms with Crippen LogP contribution in [0.4, 0.5) is 17.1 Å². The Morgan fingerprint density at radius 1 is 0.824 bits per heavy atom. The van der Waals surface area contributed by atoms with Crippen LogP contribution in [0.15, 0.2) is 72.8 Å². The van der Waals surface area contributed by atoms with E-state index in [0.717, 1.165) is 10.8 Å². The number of carbonyl (C=O) groups excluding carboxylic acids is 2. The third kappa shape index (κ3) is 4.74. The molecule has 0 saturated carbocycles. The summed E-state index contributed by atoms with van der Waals surface area (Å²) in [6.45, 7) is 4.10. The third-order valence-corrected chi connectivity index (χ3v) is 5.94. The lowest BCUT2D eigenvalue weighted by Gasteiger charge is -2.11. The van der Waals surface area contributed by atoms with E-state index < -0.39 is 10.8 Å². The highest BCUT2D eigenvalue weighted by molar-refractivity contribution is 6.34. The summed E-state index contributed by atoms with van der Waals surface area (Å²) in [7, 11) is 0. The first-order chi connectivity index (χ1) is 16.2. The zero-order valence-electron chi connectivity index (χ0n) is 18.4. The summed E-state index contributed by atoms with van der Waals surface area (Å²) in [5.41, 5.74) is 3.85. The summed E-state index contributed by atoms with van der Waals surface area (Å²) in [5.74, 6) is -0.767. The molecule has 0 heterocycles.